The number of methoxy groups -OCH3 is 1. The Morgan fingerprint density at radius 3 is 2.17 bits per heavy atom. The molecule has 12 heavy (non-hydrogen) atoms. The number of ether oxygens (including phenoxy) is 1. The second-order valence-corrected chi connectivity index (χ2v) is 3.62. The molecule has 0 aromatic carbocycles. The number of rotatable bonds is 3. The fourth-order valence-electron chi connectivity index (χ4n) is 1.83. The molecule has 0 saturated carbocycles. The van der Waals surface area contributed by atoms with Crippen LogP contribution in [0.2, 0.25) is 0 Å². The van der Waals surface area contributed by atoms with E-state index in [1.165, 1.54) is 32.4 Å². The molecule has 0 amide bonds. The highest BCUT2D eigenvalue weighted by atomic mass is 16.5. The molecule has 1 aliphatic heterocycles. The lowest BCUT2D eigenvalue weighted by Gasteiger charge is -2.36. The first-order valence-corrected chi connectivity index (χ1v) is 4.69. The first kappa shape index (κ1) is 9.96. The van der Waals surface area contributed by atoms with Gasteiger partial charge < -0.3 is 4.74 Å². The molecule has 0 bridgehead atoms. The highest BCUT2D eigenvalue weighted by Gasteiger charge is 2.21. The molecule has 1 saturated heterocycles. The van der Waals surface area contributed by atoms with Crippen molar-refractivity contribution in [1.82, 2.24) is 9.80 Å². The SMILES string of the molecule is COC(N(C)C)N1CCCCC1. The maximum atomic E-state index is 5.40. The van der Waals surface area contributed by atoms with Gasteiger partial charge in [-0.05, 0) is 26.9 Å². The molecule has 0 aliphatic carbocycles. The van der Waals surface area contributed by atoms with Crippen LogP contribution in [0, 0.1) is 0 Å². The van der Waals surface area contributed by atoms with E-state index in [1.54, 1.807) is 7.11 Å². The number of likely N-dealkylation sites (tertiary alicyclic amines) is 1. The zero-order valence-electron chi connectivity index (χ0n) is 8.42. The molecular weight excluding hydrogens is 152 g/mol. The number of hydrogen-bond acceptors (Lipinski definition) is 3. The topological polar surface area (TPSA) is 15.7 Å². The van der Waals surface area contributed by atoms with Crippen LogP contribution in [0.4, 0.5) is 0 Å². The minimum atomic E-state index is 0.172. The quantitative estimate of drug-likeness (QED) is 0.590. The highest BCUT2D eigenvalue weighted by molar-refractivity contribution is 4.66. The van der Waals surface area contributed by atoms with Gasteiger partial charge in [0, 0.05) is 20.2 Å². The van der Waals surface area contributed by atoms with E-state index in [1.807, 2.05) is 0 Å². The summed E-state index contributed by atoms with van der Waals surface area (Å²) in [6.45, 7) is 2.35. The molecule has 3 heteroatoms. The molecule has 0 aromatic heterocycles. The van der Waals surface area contributed by atoms with Gasteiger partial charge >= 0.3 is 0 Å². The Bertz CT molecular complexity index is 122. The molecule has 0 N–H and O–H groups in total. The molecule has 0 aromatic rings. The van der Waals surface area contributed by atoms with E-state index in [4.69, 9.17) is 4.74 Å². The van der Waals surface area contributed by atoms with Gasteiger partial charge in [-0.1, -0.05) is 6.42 Å². The zero-order valence-corrected chi connectivity index (χ0v) is 8.42. The van der Waals surface area contributed by atoms with E-state index in [2.05, 4.69) is 23.9 Å². The Labute approximate surface area is 75.3 Å². The largest absolute Gasteiger partial charge is 0.353 e. The summed E-state index contributed by atoms with van der Waals surface area (Å²) in [6.07, 6.45) is 4.17. The maximum Gasteiger partial charge on any atom is 0.167 e. The summed E-state index contributed by atoms with van der Waals surface area (Å²) >= 11 is 0. The first-order valence-electron chi connectivity index (χ1n) is 4.69. The molecule has 3 nitrogen and oxygen atoms in total. The smallest absolute Gasteiger partial charge is 0.167 e. The standard InChI is InChI=1S/C9H20N2O/c1-10(2)9(12-3)11-7-5-4-6-8-11/h9H,4-8H2,1-3H3. The summed E-state index contributed by atoms with van der Waals surface area (Å²) in [5.74, 6) is 0. The lowest BCUT2D eigenvalue weighted by Crippen LogP contribution is -2.48. The van der Waals surface area contributed by atoms with Crippen molar-refractivity contribution in [3.05, 3.63) is 0 Å². The Morgan fingerprint density at radius 1 is 1.17 bits per heavy atom. The first-order chi connectivity index (χ1) is 5.75. The van der Waals surface area contributed by atoms with Gasteiger partial charge in [-0.25, -0.2) is 0 Å². The van der Waals surface area contributed by atoms with Crippen molar-refractivity contribution < 1.29 is 4.74 Å². The number of nitrogens with zero attached hydrogens (tertiary/aromatic N) is 2. The van der Waals surface area contributed by atoms with Crippen molar-refractivity contribution >= 4 is 0 Å². The molecular formula is C9H20N2O. The van der Waals surface area contributed by atoms with E-state index < -0.39 is 0 Å². The van der Waals surface area contributed by atoms with Crippen molar-refractivity contribution in [3.8, 4) is 0 Å². The monoisotopic (exact) mass is 172 g/mol. The van der Waals surface area contributed by atoms with Gasteiger partial charge in [0.2, 0.25) is 0 Å². The van der Waals surface area contributed by atoms with Crippen LogP contribution < -0.4 is 0 Å². The number of hydrogen-bond donors (Lipinski definition) is 0. The molecule has 1 fully saturated rings. The molecule has 1 heterocycles. The van der Waals surface area contributed by atoms with Crippen LogP contribution in [0.25, 0.3) is 0 Å². The third-order valence-electron chi connectivity index (χ3n) is 2.36. The van der Waals surface area contributed by atoms with Crippen LogP contribution in [-0.4, -0.2) is 50.4 Å². The average molecular weight is 172 g/mol. The van der Waals surface area contributed by atoms with E-state index >= 15 is 0 Å². The molecule has 1 rings (SSSR count). The van der Waals surface area contributed by atoms with Gasteiger partial charge in [0.15, 0.2) is 6.35 Å². The summed E-state index contributed by atoms with van der Waals surface area (Å²) < 4.78 is 5.40. The molecule has 1 unspecified atom stereocenters. The summed E-state index contributed by atoms with van der Waals surface area (Å²) in [7, 11) is 5.89. The summed E-state index contributed by atoms with van der Waals surface area (Å²) in [5, 5.41) is 0. The molecule has 0 radical (unpaired) electrons. The Balaban J connectivity index is 2.40. The van der Waals surface area contributed by atoms with E-state index in [0.29, 0.717) is 0 Å². The molecule has 72 valence electrons. The van der Waals surface area contributed by atoms with Crippen LogP contribution in [0.3, 0.4) is 0 Å². The predicted molar refractivity (Wildman–Crippen MR) is 49.9 cm³/mol. The van der Waals surface area contributed by atoms with Crippen molar-refractivity contribution in [2.75, 3.05) is 34.3 Å². The van der Waals surface area contributed by atoms with Crippen LogP contribution >= 0.6 is 0 Å². The van der Waals surface area contributed by atoms with Crippen LogP contribution in [0.15, 0.2) is 0 Å². The van der Waals surface area contributed by atoms with Crippen LogP contribution in [0.1, 0.15) is 19.3 Å². The van der Waals surface area contributed by atoms with Gasteiger partial charge in [-0.15, -0.1) is 0 Å². The Morgan fingerprint density at radius 2 is 1.75 bits per heavy atom. The second kappa shape index (κ2) is 4.80. The molecule has 1 aliphatic rings. The zero-order chi connectivity index (χ0) is 8.97. The third kappa shape index (κ3) is 2.44. The molecule has 1 atom stereocenters. The summed E-state index contributed by atoms with van der Waals surface area (Å²) in [5.41, 5.74) is 0. The van der Waals surface area contributed by atoms with Crippen molar-refractivity contribution in [1.29, 1.82) is 0 Å². The summed E-state index contributed by atoms with van der Waals surface area (Å²) in [4.78, 5) is 4.51. The fraction of sp³-hybridized carbons (Fsp3) is 1.00. The second-order valence-electron chi connectivity index (χ2n) is 3.62. The van der Waals surface area contributed by atoms with Crippen molar-refractivity contribution in [3.63, 3.8) is 0 Å². The Hall–Kier alpha value is -0.120. The lowest BCUT2D eigenvalue weighted by atomic mass is 10.1. The third-order valence-corrected chi connectivity index (χ3v) is 2.36. The Kier molecular flexibility index (Phi) is 3.98. The van der Waals surface area contributed by atoms with Crippen LogP contribution in [-0.2, 0) is 4.74 Å². The molecule has 0 spiro atoms. The van der Waals surface area contributed by atoms with E-state index in [0.717, 1.165) is 0 Å². The lowest BCUT2D eigenvalue weighted by molar-refractivity contribution is -0.122. The van der Waals surface area contributed by atoms with Gasteiger partial charge in [0.25, 0.3) is 0 Å². The van der Waals surface area contributed by atoms with Gasteiger partial charge in [-0.2, -0.15) is 0 Å². The number of piperidine rings is 1. The maximum absolute atomic E-state index is 5.40. The van der Waals surface area contributed by atoms with Crippen molar-refractivity contribution in [2.24, 2.45) is 0 Å². The van der Waals surface area contributed by atoms with Gasteiger partial charge in [0.05, 0.1) is 0 Å². The van der Waals surface area contributed by atoms with Crippen LogP contribution in [0.5, 0.6) is 0 Å². The predicted octanol–water partition coefficient (Wildman–Crippen LogP) is 0.964. The highest BCUT2D eigenvalue weighted by Crippen LogP contribution is 2.13. The minimum absolute atomic E-state index is 0.172. The average Bonchev–Trinajstić information content (AvgIpc) is 2.07. The van der Waals surface area contributed by atoms with Gasteiger partial charge in [0.1, 0.15) is 0 Å². The fourth-order valence-corrected chi connectivity index (χ4v) is 1.83. The van der Waals surface area contributed by atoms with E-state index in [9.17, 15) is 0 Å². The van der Waals surface area contributed by atoms with Crippen molar-refractivity contribution in [2.45, 2.75) is 25.6 Å². The normalized spacial score (nSPS) is 23.0. The minimum Gasteiger partial charge on any atom is -0.353 e. The van der Waals surface area contributed by atoms with E-state index in [-0.39, 0.29) is 6.35 Å². The van der Waals surface area contributed by atoms with Gasteiger partial charge in [-0.3, -0.25) is 9.80 Å². The summed E-state index contributed by atoms with van der Waals surface area (Å²) in [6, 6.07) is 0.